The summed E-state index contributed by atoms with van der Waals surface area (Å²) in [7, 11) is 0. The van der Waals surface area contributed by atoms with Gasteiger partial charge in [-0.2, -0.15) is 0 Å². The summed E-state index contributed by atoms with van der Waals surface area (Å²) >= 11 is 0. The van der Waals surface area contributed by atoms with E-state index in [4.69, 9.17) is 9.40 Å². The number of para-hydroxylation sites is 3. The van der Waals surface area contributed by atoms with E-state index in [-0.39, 0.29) is 5.41 Å². The summed E-state index contributed by atoms with van der Waals surface area (Å²) in [4.78, 5) is 9.83. The van der Waals surface area contributed by atoms with Crippen molar-refractivity contribution >= 4 is 33.1 Å². The molecule has 4 heteroatoms. The molecular formula is C40H31N3O. The van der Waals surface area contributed by atoms with Crippen molar-refractivity contribution in [1.29, 1.82) is 0 Å². The van der Waals surface area contributed by atoms with Gasteiger partial charge in [-0.3, -0.25) is 4.57 Å². The van der Waals surface area contributed by atoms with Gasteiger partial charge in [0.2, 0.25) is 5.71 Å². The van der Waals surface area contributed by atoms with E-state index in [1.54, 1.807) is 6.20 Å². The molecule has 5 aromatic carbocycles. The smallest absolute Gasteiger partial charge is 0.227 e. The van der Waals surface area contributed by atoms with Crippen molar-refractivity contribution in [2.45, 2.75) is 26.2 Å². The van der Waals surface area contributed by atoms with Crippen LogP contribution in [0.2, 0.25) is 0 Å². The van der Waals surface area contributed by atoms with Gasteiger partial charge in [-0.1, -0.05) is 106 Å². The summed E-state index contributed by atoms with van der Waals surface area (Å²) in [6.07, 6.45) is 1.77. The van der Waals surface area contributed by atoms with E-state index in [1.165, 1.54) is 5.56 Å². The minimum atomic E-state index is -0.0572. The Kier molecular flexibility index (Phi) is 5.98. The Morgan fingerprint density at radius 2 is 1.25 bits per heavy atom. The Morgan fingerprint density at radius 1 is 0.614 bits per heavy atom. The van der Waals surface area contributed by atoms with E-state index in [1.807, 2.05) is 12.1 Å². The molecule has 0 aliphatic heterocycles. The molecule has 3 aromatic heterocycles. The number of pyridine rings is 1. The highest BCUT2D eigenvalue weighted by Crippen LogP contribution is 2.44. The first kappa shape index (κ1) is 26.2. The van der Waals surface area contributed by atoms with Crippen LogP contribution in [0.5, 0.6) is 0 Å². The van der Waals surface area contributed by atoms with Crippen LogP contribution in [-0.4, -0.2) is 14.5 Å². The maximum Gasteiger partial charge on any atom is 0.227 e. The summed E-state index contributed by atoms with van der Waals surface area (Å²) in [5.74, 6) is 0.828. The molecule has 0 saturated carbocycles. The fourth-order valence-electron chi connectivity index (χ4n) is 6.23. The Morgan fingerprint density at radius 3 is 1.93 bits per heavy atom. The van der Waals surface area contributed by atoms with Gasteiger partial charge in [0, 0.05) is 28.1 Å². The Hall–Kier alpha value is -5.48. The third-order valence-corrected chi connectivity index (χ3v) is 8.45. The van der Waals surface area contributed by atoms with Gasteiger partial charge >= 0.3 is 0 Å². The van der Waals surface area contributed by atoms with Gasteiger partial charge < -0.3 is 4.42 Å². The lowest BCUT2D eigenvalue weighted by atomic mass is 9.82. The molecule has 0 fully saturated rings. The predicted octanol–water partition coefficient (Wildman–Crippen LogP) is 10.6. The molecule has 212 valence electrons. The van der Waals surface area contributed by atoms with Gasteiger partial charge in [0.05, 0.1) is 22.3 Å². The average molecular weight is 570 g/mol. The van der Waals surface area contributed by atoms with E-state index >= 15 is 0 Å². The minimum absolute atomic E-state index is 0.0572. The second-order valence-electron chi connectivity index (χ2n) is 12.3. The van der Waals surface area contributed by atoms with Gasteiger partial charge in [-0.25, -0.2) is 9.97 Å². The number of imidazole rings is 1. The van der Waals surface area contributed by atoms with Gasteiger partial charge in [0.25, 0.3) is 0 Å². The lowest BCUT2D eigenvalue weighted by Gasteiger charge is -2.26. The molecule has 0 aliphatic carbocycles. The molecule has 0 atom stereocenters. The van der Waals surface area contributed by atoms with E-state index in [9.17, 15) is 0 Å². The fraction of sp³-hybridized carbons (Fsp3) is 0.100. The molecule has 0 unspecified atom stereocenters. The third kappa shape index (κ3) is 4.22. The van der Waals surface area contributed by atoms with Crippen molar-refractivity contribution in [3.05, 3.63) is 139 Å². The molecule has 0 amide bonds. The Labute approximate surface area is 256 Å². The first-order chi connectivity index (χ1) is 21.5. The Bertz CT molecular complexity index is 2240. The van der Waals surface area contributed by atoms with Crippen LogP contribution in [0.3, 0.4) is 0 Å². The number of aromatic nitrogens is 3. The number of fused-ring (bicyclic) bond motifs is 4. The van der Waals surface area contributed by atoms with E-state index in [2.05, 4.69) is 146 Å². The summed E-state index contributed by atoms with van der Waals surface area (Å²) < 4.78 is 8.79. The summed E-state index contributed by atoms with van der Waals surface area (Å²) in [6, 6.07) is 44.8. The second-order valence-corrected chi connectivity index (χ2v) is 12.3. The van der Waals surface area contributed by atoms with Crippen molar-refractivity contribution in [3.63, 3.8) is 0 Å². The van der Waals surface area contributed by atoms with E-state index in [0.717, 1.165) is 66.7 Å². The van der Waals surface area contributed by atoms with E-state index < -0.39 is 0 Å². The first-order valence-electron chi connectivity index (χ1n) is 15.0. The molecule has 0 spiro atoms. The van der Waals surface area contributed by atoms with Crippen LogP contribution in [0.4, 0.5) is 0 Å². The maximum absolute atomic E-state index is 6.45. The SMILES string of the molecule is CC(C)(C)c1cc(-c2ccccc2)c(-n2c(-c3cccc4c3oc3ncccc34)nc3ccccc32)c(-c2ccccc2)c1. The van der Waals surface area contributed by atoms with Crippen molar-refractivity contribution < 1.29 is 4.42 Å². The molecule has 0 bridgehead atoms. The summed E-state index contributed by atoms with van der Waals surface area (Å²) in [5, 5.41) is 2.02. The lowest BCUT2D eigenvalue weighted by molar-refractivity contribution is 0.590. The zero-order chi connectivity index (χ0) is 29.8. The third-order valence-electron chi connectivity index (χ3n) is 8.45. The average Bonchev–Trinajstić information content (AvgIpc) is 3.63. The van der Waals surface area contributed by atoms with Crippen LogP contribution >= 0.6 is 0 Å². The molecule has 0 N–H and O–H groups in total. The molecule has 8 rings (SSSR count). The van der Waals surface area contributed by atoms with Crippen molar-refractivity contribution in [2.24, 2.45) is 0 Å². The molecule has 8 aromatic rings. The van der Waals surface area contributed by atoms with Crippen molar-refractivity contribution in [2.75, 3.05) is 0 Å². The molecule has 3 heterocycles. The standard InChI is InChI=1S/C40H31N3O/c1-40(2,3)28-24-32(26-14-6-4-7-15-26)36(33(25-28)27-16-8-5-9-17-27)43-35-22-11-10-21-34(35)42-38(43)31-19-12-18-29-30-20-13-23-41-39(30)44-37(29)31/h4-25H,1-3H3. The molecule has 0 saturated heterocycles. The number of furan rings is 1. The van der Waals surface area contributed by atoms with Crippen LogP contribution < -0.4 is 0 Å². The molecular weight excluding hydrogens is 538 g/mol. The number of hydrogen-bond acceptors (Lipinski definition) is 3. The van der Waals surface area contributed by atoms with Crippen LogP contribution in [-0.2, 0) is 5.41 Å². The zero-order valence-corrected chi connectivity index (χ0v) is 25.0. The zero-order valence-electron chi connectivity index (χ0n) is 25.0. The first-order valence-corrected chi connectivity index (χ1v) is 15.0. The number of rotatable bonds is 4. The predicted molar refractivity (Wildman–Crippen MR) is 181 cm³/mol. The fourth-order valence-corrected chi connectivity index (χ4v) is 6.23. The molecule has 0 aliphatic rings. The van der Waals surface area contributed by atoms with Gasteiger partial charge in [0.1, 0.15) is 11.4 Å². The lowest BCUT2D eigenvalue weighted by Crippen LogP contribution is -2.13. The van der Waals surface area contributed by atoms with Crippen LogP contribution in [0.15, 0.2) is 138 Å². The van der Waals surface area contributed by atoms with Crippen LogP contribution in [0, 0.1) is 0 Å². The second kappa shape index (κ2) is 10.1. The van der Waals surface area contributed by atoms with Gasteiger partial charge in [-0.05, 0) is 64.6 Å². The number of benzene rings is 5. The summed E-state index contributed by atoms with van der Waals surface area (Å²) in [5.41, 5.74) is 11.2. The van der Waals surface area contributed by atoms with Gasteiger partial charge in [0.15, 0.2) is 0 Å². The monoisotopic (exact) mass is 569 g/mol. The van der Waals surface area contributed by atoms with Crippen LogP contribution in [0.1, 0.15) is 26.3 Å². The highest BCUT2D eigenvalue weighted by Gasteiger charge is 2.26. The summed E-state index contributed by atoms with van der Waals surface area (Å²) in [6.45, 7) is 6.83. The normalized spacial score (nSPS) is 12.0. The van der Waals surface area contributed by atoms with Gasteiger partial charge in [-0.15, -0.1) is 0 Å². The number of hydrogen-bond donors (Lipinski definition) is 0. The topological polar surface area (TPSA) is 43.9 Å². The maximum atomic E-state index is 6.45. The molecule has 0 radical (unpaired) electrons. The minimum Gasteiger partial charge on any atom is -0.437 e. The number of nitrogens with zero attached hydrogens (tertiary/aromatic N) is 3. The molecule has 44 heavy (non-hydrogen) atoms. The van der Waals surface area contributed by atoms with Crippen molar-refractivity contribution in [1.82, 2.24) is 14.5 Å². The van der Waals surface area contributed by atoms with Crippen LogP contribution in [0.25, 0.3) is 72.4 Å². The van der Waals surface area contributed by atoms with E-state index in [0.29, 0.717) is 5.71 Å². The Balaban J connectivity index is 1.55. The van der Waals surface area contributed by atoms with Crippen molar-refractivity contribution in [3.8, 4) is 39.3 Å². The largest absolute Gasteiger partial charge is 0.437 e. The highest BCUT2D eigenvalue weighted by molar-refractivity contribution is 6.08. The molecule has 4 nitrogen and oxygen atoms in total. The quantitative estimate of drug-likeness (QED) is 0.212. The highest BCUT2D eigenvalue weighted by atomic mass is 16.3.